The third-order valence-electron chi connectivity index (χ3n) is 5.77. The van der Waals surface area contributed by atoms with E-state index in [1.807, 2.05) is 37.3 Å². The Morgan fingerprint density at radius 1 is 1.16 bits per heavy atom. The smallest absolute Gasteiger partial charge is 0.232 e. The van der Waals surface area contributed by atoms with E-state index in [2.05, 4.69) is 4.90 Å². The van der Waals surface area contributed by atoms with E-state index in [1.54, 1.807) is 25.3 Å². The highest BCUT2D eigenvalue weighted by Crippen LogP contribution is 2.44. The van der Waals surface area contributed by atoms with Gasteiger partial charge < -0.3 is 14.2 Å². The average molecular weight is 431 g/mol. The number of ether oxygens (including phenoxy) is 3. The van der Waals surface area contributed by atoms with Crippen LogP contribution >= 0.6 is 0 Å². The normalized spacial score (nSPS) is 16.3. The lowest BCUT2D eigenvalue weighted by molar-refractivity contribution is 0.0864. The summed E-state index contributed by atoms with van der Waals surface area (Å²) in [6, 6.07) is 16.0. The average Bonchev–Trinajstić information content (AvgIpc) is 3.13. The molecule has 5 nitrogen and oxygen atoms in total. The summed E-state index contributed by atoms with van der Waals surface area (Å²) in [5, 5.41) is 0. The van der Waals surface area contributed by atoms with Gasteiger partial charge in [-0.1, -0.05) is 36.4 Å². The molecule has 2 aliphatic heterocycles. The maximum atomic E-state index is 14.1. The molecule has 0 saturated heterocycles. The number of methoxy groups -OCH3 is 1. The molecule has 0 fully saturated rings. The van der Waals surface area contributed by atoms with E-state index in [-0.39, 0.29) is 11.5 Å². The largest absolute Gasteiger partial charge is 0.496 e. The number of rotatable bonds is 4. The van der Waals surface area contributed by atoms with Gasteiger partial charge in [0.25, 0.3) is 0 Å². The number of benzene rings is 3. The summed E-state index contributed by atoms with van der Waals surface area (Å²) in [5.74, 6) is 1.48. The zero-order valence-corrected chi connectivity index (χ0v) is 17.9. The Bertz CT molecular complexity index is 1250. The molecule has 0 unspecified atom stereocenters. The highest BCUT2D eigenvalue weighted by atomic mass is 19.1. The molecular formula is C26H22FNO4. The quantitative estimate of drug-likeness (QED) is 0.537. The van der Waals surface area contributed by atoms with Crippen LogP contribution in [0.3, 0.4) is 0 Å². The van der Waals surface area contributed by atoms with Gasteiger partial charge in [0.1, 0.15) is 29.8 Å². The molecule has 2 aliphatic rings. The molecule has 5 rings (SSSR count). The standard InChI is InChI=1S/C26H22FNO4/c1-16-11-22-19(14-28(15-31-22)13-18-8-4-6-10-21(18)30-2)26-24(16)25(29)23(32-26)12-17-7-3-5-9-20(17)27/h3-12H,13-15H2,1-2H3/b23-12-. The molecule has 3 aromatic rings. The van der Waals surface area contributed by atoms with Crippen molar-refractivity contribution in [1.82, 2.24) is 4.90 Å². The SMILES string of the molecule is COc1ccccc1CN1COc2cc(C)c3c(c2C1)O/C(=C\c1ccccc1F)C3=O. The number of carbonyl (C=O) groups excluding carboxylic acids is 1. The van der Waals surface area contributed by atoms with E-state index in [0.717, 1.165) is 22.4 Å². The highest BCUT2D eigenvalue weighted by molar-refractivity contribution is 6.15. The van der Waals surface area contributed by atoms with Gasteiger partial charge in [0.05, 0.1) is 18.2 Å². The maximum Gasteiger partial charge on any atom is 0.232 e. The highest BCUT2D eigenvalue weighted by Gasteiger charge is 2.35. The lowest BCUT2D eigenvalue weighted by Gasteiger charge is -2.30. The number of ketones is 1. The maximum absolute atomic E-state index is 14.1. The monoisotopic (exact) mass is 431 g/mol. The van der Waals surface area contributed by atoms with Gasteiger partial charge in [0.15, 0.2) is 5.76 Å². The van der Waals surface area contributed by atoms with E-state index in [9.17, 15) is 9.18 Å². The molecule has 162 valence electrons. The number of halogens is 1. The fourth-order valence-electron chi connectivity index (χ4n) is 4.19. The molecule has 0 atom stereocenters. The van der Waals surface area contributed by atoms with Crippen LogP contribution in [-0.2, 0) is 13.1 Å². The van der Waals surface area contributed by atoms with Crippen molar-refractivity contribution >= 4 is 11.9 Å². The minimum absolute atomic E-state index is 0.114. The van der Waals surface area contributed by atoms with Crippen molar-refractivity contribution in [1.29, 1.82) is 0 Å². The Labute approximate surface area is 185 Å². The Kier molecular flexibility index (Phi) is 5.15. The number of carbonyl (C=O) groups is 1. The molecule has 0 spiro atoms. The number of para-hydroxylation sites is 1. The van der Waals surface area contributed by atoms with Crippen molar-refractivity contribution in [3.05, 3.63) is 94.0 Å². The second-order valence-electron chi connectivity index (χ2n) is 7.91. The van der Waals surface area contributed by atoms with Gasteiger partial charge in [0.2, 0.25) is 5.78 Å². The molecule has 0 saturated carbocycles. The van der Waals surface area contributed by atoms with Crippen LogP contribution in [0.25, 0.3) is 6.08 Å². The number of hydrogen-bond acceptors (Lipinski definition) is 5. The first-order valence-electron chi connectivity index (χ1n) is 10.4. The fraction of sp³-hybridized carbons (Fsp3) is 0.192. The predicted octanol–water partition coefficient (Wildman–Crippen LogP) is 5.11. The second kappa shape index (κ2) is 8.13. The zero-order valence-electron chi connectivity index (χ0n) is 17.9. The third-order valence-corrected chi connectivity index (χ3v) is 5.77. The number of allylic oxidation sites excluding steroid dienone is 1. The van der Waals surface area contributed by atoms with Crippen LogP contribution in [0.5, 0.6) is 17.2 Å². The number of Topliss-reactive ketones (excluding diaryl/α,β-unsaturated/α-hetero) is 1. The molecule has 6 heteroatoms. The summed E-state index contributed by atoms with van der Waals surface area (Å²) in [6.07, 6.45) is 1.46. The van der Waals surface area contributed by atoms with Gasteiger partial charge in [-0.3, -0.25) is 9.69 Å². The summed E-state index contributed by atoms with van der Waals surface area (Å²) >= 11 is 0. The minimum Gasteiger partial charge on any atom is -0.496 e. The molecular weight excluding hydrogens is 409 g/mol. The summed E-state index contributed by atoms with van der Waals surface area (Å²) in [4.78, 5) is 15.2. The first kappa shape index (κ1) is 20.3. The van der Waals surface area contributed by atoms with Gasteiger partial charge in [0, 0.05) is 24.2 Å². The summed E-state index contributed by atoms with van der Waals surface area (Å²) in [6.45, 7) is 3.44. The van der Waals surface area contributed by atoms with E-state index in [0.29, 0.717) is 42.4 Å². The Morgan fingerprint density at radius 2 is 1.94 bits per heavy atom. The molecule has 0 N–H and O–H groups in total. The summed E-state index contributed by atoms with van der Waals surface area (Å²) in [5.41, 5.74) is 3.46. The second-order valence-corrected chi connectivity index (χ2v) is 7.91. The van der Waals surface area contributed by atoms with E-state index in [1.165, 1.54) is 12.1 Å². The van der Waals surface area contributed by atoms with Gasteiger partial charge in [-0.2, -0.15) is 0 Å². The number of hydrogen-bond donors (Lipinski definition) is 0. The van der Waals surface area contributed by atoms with Crippen LogP contribution in [-0.4, -0.2) is 24.5 Å². The van der Waals surface area contributed by atoms with Crippen molar-refractivity contribution < 1.29 is 23.4 Å². The van der Waals surface area contributed by atoms with Crippen LogP contribution in [0.1, 0.15) is 32.6 Å². The van der Waals surface area contributed by atoms with Crippen molar-refractivity contribution in [2.24, 2.45) is 0 Å². The number of nitrogens with zero attached hydrogens (tertiary/aromatic N) is 1. The number of fused-ring (bicyclic) bond motifs is 3. The van der Waals surface area contributed by atoms with E-state index < -0.39 is 5.82 Å². The van der Waals surface area contributed by atoms with E-state index >= 15 is 0 Å². The summed E-state index contributed by atoms with van der Waals surface area (Å²) in [7, 11) is 1.65. The topological polar surface area (TPSA) is 48.0 Å². The Balaban J connectivity index is 1.47. The van der Waals surface area contributed by atoms with Crippen LogP contribution < -0.4 is 14.2 Å². The van der Waals surface area contributed by atoms with Crippen LogP contribution in [0, 0.1) is 12.7 Å². The van der Waals surface area contributed by atoms with Crippen molar-refractivity contribution in [2.75, 3.05) is 13.8 Å². The number of aryl methyl sites for hydroxylation is 1. The molecule has 0 radical (unpaired) electrons. The van der Waals surface area contributed by atoms with Crippen LogP contribution in [0.2, 0.25) is 0 Å². The molecule has 3 aromatic carbocycles. The molecule has 2 heterocycles. The Morgan fingerprint density at radius 3 is 2.75 bits per heavy atom. The molecule has 0 bridgehead atoms. The third kappa shape index (κ3) is 3.52. The molecule has 0 aromatic heterocycles. The Hall–Kier alpha value is -3.64. The predicted molar refractivity (Wildman–Crippen MR) is 118 cm³/mol. The van der Waals surface area contributed by atoms with Crippen LogP contribution in [0.15, 0.2) is 60.4 Å². The molecule has 32 heavy (non-hydrogen) atoms. The van der Waals surface area contributed by atoms with Crippen molar-refractivity contribution in [3.8, 4) is 17.2 Å². The van der Waals surface area contributed by atoms with Crippen molar-refractivity contribution in [3.63, 3.8) is 0 Å². The molecule has 0 aliphatic carbocycles. The van der Waals surface area contributed by atoms with Gasteiger partial charge in [-0.15, -0.1) is 0 Å². The lowest BCUT2D eigenvalue weighted by Crippen LogP contribution is -2.32. The first-order chi connectivity index (χ1) is 15.5. The van der Waals surface area contributed by atoms with E-state index in [4.69, 9.17) is 14.2 Å². The fourth-order valence-corrected chi connectivity index (χ4v) is 4.19. The molecule has 0 amide bonds. The van der Waals surface area contributed by atoms with Gasteiger partial charge >= 0.3 is 0 Å². The summed E-state index contributed by atoms with van der Waals surface area (Å²) < 4.78 is 31.6. The minimum atomic E-state index is -0.405. The lowest BCUT2D eigenvalue weighted by atomic mass is 9.98. The van der Waals surface area contributed by atoms with Crippen molar-refractivity contribution in [2.45, 2.75) is 20.0 Å². The van der Waals surface area contributed by atoms with Gasteiger partial charge in [-0.05, 0) is 36.8 Å². The zero-order chi connectivity index (χ0) is 22.2. The first-order valence-corrected chi connectivity index (χ1v) is 10.4. The van der Waals surface area contributed by atoms with Gasteiger partial charge in [-0.25, -0.2) is 4.39 Å². The van der Waals surface area contributed by atoms with Crippen LogP contribution in [0.4, 0.5) is 4.39 Å².